The zero-order chi connectivity index (χ0) is 9.19. The predicted molar refractivity (Wildman–Crippen MR) is 49.4 cm³/mol. The highest BCUT2D eigenvalue weighted by atomic mass is 32.2. The maximum Gasteiger partial charge on any atom is 0.214 e. The molecule has 0 saturated heterocycles. The van der Waals surface area contributed by atoms with Crippen LogP contribution in [0.2, 0.25) is 0 Å². The smallest absolute Gasteiger partial charge is 0.214 e. The van der Waals surface area contributed by atoms with E-state index in [0.29, 0.717) is 5.92 Å². The average molecular weight is 191 g/mol. The van der Waals surface area contributed by atoms with E-state index in [9.17, 15) is 8.42 Å². The first-order valence-corrected chi connectivity index (χ1v) is 6.03. The fourth-order valence-electron chi connectivity index (χ4n) is 1.83. The Labute approximate surface area is 74.6 Å². The number of sulfonamides is 1. The summed E-state index contributed by atoms with van der Waals surface area (Å²) in [6.07, 6.45) is 3.87. The molecule has 1 aliphatic carbocycles. The highest BCUT2D eigenvalue weighted by Crippen LogP contribution is 2.27. The van der Waals surface area contributed by atoms with Crippen LogP contribution in [0.5, 0.6) is 0 Å². The van der Waals surface area contributed by atoms with Crippen LogP contribution in [0, 0.1) is 5.92 Å². The van der Waals surface area contributed by atoms with Crippen molar-refractivity contribution in [2.75, 3.05) is 7.05 Å². The van der Waals surface area contributed by atoms with Gasteiger partial charge >= 0.3 is 0 Å². The molecule has 0 aliphatic heterocycles. The van der Waals surface area contributed by atoms with Crippen LogP contribution in [-0.4, -0.2) is 20.7 Å². The van der Waals surface area contributed by atoms with Gasteiger partial charge in [-0.15, -0.1) is 0 Å². The molecule has 1 aliphatic rings. The van der Waals surface area contributed by atoms with Crippen LogP contribution >= 0.6 is 0 Å². The van der Waals surface area contributed by atoms with Crippen molar-refractivity contribution in [2.45, 2.75) is 37.9 Å². The first-order chi connectivity index (χ1) is 5.56. The highest BCUT2D eigenvalue weighted by Gasteiger charge is 2.28. The van der Waals surface area contributed by atoms with Gasteiger partial charge in [-0.25, -0.2) is 13.1 Å². The Morgan fingerprint density at radius 2 is 2.00 bits per heavy atom. The first-order valence-electron chi connectivity index (χ1n) is 4.48. The summed E-state index contributed by atoms with van der Waals surface area (Å²) in [5.74, 6) is 0.562. The number of hydrogen-bond donors (Lipinski definition) is 1. The molecule has 1 N–H and O–H groups in total. The minimum absolute atomic E-state index is 0.147. The molecule has 2 unspecified atom stereocenters. The standard InChI is InChI=1S/C8H17NO2S/c1-7-4-3-5-8(6-7)12(10,11)9-2/h7-9H,3-6H2,1-2H3. The Hall–Kier alpha value is -0.0900. The van der Waals surface area contributed by atoms with Gasteiger partial charge in [-0.05, 0) is 25.8 Å². The Morgan fingerprint density at radius 3 is 2.50 bits per heavy atom. The maximum absolute atomic E-state index is 11.4. The van der Waals surface area contributed by atoms with Crippen molar-refractivity contribution in [3.8, 4) is 0 Å². The average Bonchev–Trinajstić information content (AvgIpc) is 2.05. The van der Waals surface area contributed by atoms with Crippen LogP contribution in [0.25, 0.3) is 0 Å². The van der Waals surface area contributed by atoms with Crippen LogP contribution in [0.4, 0.5) is 0 Å². The van der Waals surface area contributed by atoms with Gasteiger partial charge in [-0.3, -0.25) is 0 Å². The van der Waals surface area contributed by atoms with Crippen molar-refractivity contribution in [3.05, 3.63) is 0 Å². The van der Waals surface area contributed by atoms with Crippen LogP contribution in [0.1, 0.15) is 32.6 Å². The van der Waals surface area contributed by atoms with Gasteiger partial charge in [0.1, 0.15) is 0 Å². The summed E-state index contributed by atoms with van der Waals surface area (Å²) in [6.45, 7) is 2.12. The van der Waals surface area contributed by atoms with Crippen molar-refractivity contribution < 1.29 is 8.42 Å². The van der Waals surface area contributed by atoms with E-state index < -0.39 is 10.0 Å². The van der Waals surface area contributed by atoms with Crippen molar-refractivity contribution >= 4 is 10.0 Å². The van der Waals surface area contributed by atoms with E-state index >= 15 is 0 Å². The van der Waals surface area contributed by atoms with Gasteiger partial charge in [0.2, 0.25) is 10.0 Å². The monoisotopic (exact) mass is 191 g/mol. The quantitative estimate of drug-likeness (QED) is 0.711. The molecule has 72 valence electrons. The molecule has 0 spiro atoms. The number of rotatable bonds is 2. The highest BCUT2D eigenvalue weighted by molar-refractivity contribution is 7.90. The van der Waals surface area contributed by atoms with Crippen molar-refractivity contribution in [3.63, 3.8) is 0 Å². The van der Waals surface area contributed by atoms with Crippen LogP contribution in [0.3, 0.4) is 0 Å². The summed E-state index contributed by atoms with van der Waals surface area (Å²) in [5.41, 5.74) is 0. The number of nitrogens with one attached hydrogen (secondary N) is 1. The molecule has 1 fully saturated rings. The fraction of sp³-hybridized carbons (Fsp3) is 1.00. The van der Waals surface area contributed by atoms with Gasteiger partial charge < -0.3 is 0 Å². The second-order valence-corrected chi connectivity index (χ2v) is 5.81. The van der Waals surface area contributed by atoms with Crippen LogP contribution in [0.15, 0.2) is 0 Å². The summed E-state index contributed by atoms with van der Waals surface area (Å²) in [7, 11) is -1.51. The molecule has 0 heterocycles. The van der Waals surface area contributed by atoms with Crippen molar-refractivity contribution in [1.82, 2.24) is 4.72 Å². The SMILES string of the molecule is CNS(=O)(=O)C1CCCC(C)C1. The molecule has 3 nitrogen and oxygen atoms in total. The third-order valence-electron chi connectivity index (χ3n) is 2.61. The van der Waals surface area contributed by atoms with E-state index in [1.807, 2.05) is 0 Å². The lowest BCUT2D eigenvalue weighted by Crippen LogP contribution is -2.35. The topological polar surface area (TPSA) is 46.2 Å². The molecule has 1 rings (SSSR count). The van der Waals surface area contributed by atoms with E-state index in [4.69, 9.17) is 0 Å². The fourth-order valence-corrected chi connectivity index (χ4v) is 3.22. The lowest BCUT2D eigenvalue weighted by Gasteiger charge is -2.25. The van der Waals surface area contributed by atoms with Crippen LogP contribution < -0.4 is 4.72 Å². The molecular weight excluding hydrogens is 174 g/mol. The van der Waals surface area contributed by atoms with Gasteiger partial charge in [0.15, 0.2) is 0 Å². The summed E-state index contributed by atoms with van der Waals surface area (Å²) >= 11 is 0. The molecule has 0 radical (unpaired) electrons. The lowest BCUT2D eigenvalue weighted by atomic mass is 9.91. The van der Waals surface area contributed by atoms with Gasteiger partial charge in [0.05, 0.1) is 5.25 Å². The summed E-state index contributed by atoms with van der Waals surface area (Å²) in [6, 6.07) is 0. The van der Waals surface area contributed by atoms with Gasteiger partial charge in [0, 0.05) is 0 Å². The van der Waals surface area contributed by atoms with E-state index in [0.717, 1.165) is 19.3 Å². The van der Waals surface area contributed by atoms with E-state index in [2.05, 4.69) is 11.6 Å². The lowest BCUT2D eigenvalue weighted by molar-refractivity contribution is 0.380. The van der Waals surface area contributed by atoms with Crippen LogP contribution in [-0.2, 0) is 10.0 Å². The molecule has 12 heavy (non-hydrogen) atoms. The maximum atomic E-state index is 11.4. The van der Waals surface area contributed by atoms with Crippen molar-refractivity contribution in [2.24, 2.45) is 5.92 Å². The molecular formula is C8H17NO2S. The summed E-state index contributed by atoms with van der Waals surface area (Å²) in [4.78, 5) is 0. The molecule has 0 amide bonds. The Bertz CT molecular complexity index is 235. The predicted octanol–water partition coefficient (Wildman–Crippen LogP) is 1.11. The second kappa shape index (κ2) is 3.75. The normalized spacial score (nSPS) is 31.8. The molecule has 2 atom stereocenters. The summed E-state index contributed by atoms with van der Waals surface area (Å²) < 4.78 is 25.2. The summed E-state index contributed by atoms with van der Waals surface area (Å²) in [5, 5.41) is -0.147. The molecule has 1 saturated carbocycles. The Balaban J connectivity index is 2.63. The molecule has 0 aromatic carbocycles. The van der Waals surface area contributed by atoms with Gasteiger partial charge in [0.25, 0.3) is 0 Å². The second-order valence-electron chi connectivity index (χ2n) is 3.64. The molecule has 0 aromatic rings. The Morgan fingerprint density at radius 1 is 1.33 bits per heavy atom. The van der Waals surface area contributed by atoms with E-state index in [1.54, 1.807) is 0 Å². The first kappa shape index (κ1) is 9.99. The van der Waals surface area contributed by atoms with Crippen molar-refractivity contribution in [1.29, 1.82) is 0 Å². The minimum atomic E-state index is -3.00. The zero-order valence-corrected chi connectivity index (χ0v) is 8.52. The molecule has 4 heteroatoms. The minimum Gasteiger partial charge on any atom is -0.218 e. The van der Waals surface area contributed by atoms with E-state index in [-0.39, 0.29) is 5.25 Å². The number of hydrogen-bond acceptors (Lipinski definition) is 2. The van der Waals surface area contributed by atoms with Gasteiger partial charge in [-0.1, -0.05) is 19.8 Å². The Kier molecular flexibility index (Phi) is 3.12. The zero-order valence-electron chi connectivity index (χ0n) is 7.71. The molecule has 0 aromatic heterocycles. The third kappa shape index (κ3) is 2.20. The van der Waals surface area contributed by atoms with Gasteiger partial charge in [-0.2, -0.15) is 0 Å². The molecule has 0 bridgehead atoms. The van der Waals surface area contributed by atoms with E-state index in [1.165, 1.54) is 13.5 Å². The third-order valence-corrected chi connectivity index (χ3v) is 4.49. The largest absolute Gasteiger partial charge is 0.218 e.